The molecule has 34 heavy (non-hydrogen) atoms. The van der Waals surface area contributed by atoms with Crippen LogP contribution in [0.1, 0.15) is 0 Å². The zero-order valence-corrected chi connectivity index (χ0v) is 20.6. The van der Waals surface area contributed by atoms with Crippen molar-refractivity contribution in [2.45, 2.75) is 4.90 Å². The van der Waals surface area contributed by atoms with Crippen LogP contribution >= 0.6 is 23.2 Å². The summed E-state index contributed by atoms with van der Waals surface area (Å²) in [7, 11) is -2.25. The molecule has 0 radical (unpaired) electrons. The lowest BCUT2D eigenvalue weighted by molar-refractivity contribution is -0.123. The first-order chi connectivity index (χ1) is 16.3. The number of hydrogen-bond donors (Lipinski definition) is 3. The highest BCUT2D eigenvalue weighted by Crippen LogP contribution is 2.27. The van der Waals surface area contributed by atoms with Gasteiger partial charge in [0, 0.05) is 49.0 Å². The number of nitrogens with zero attached hydrogens (tertiary/aromatic N) is 1. The van der Waals surface area contributed by atoms with Gasteiger partial charge in [0.15, 0.2) is 6.61 Å². The lowest BCUT2D eigenvalue weighted by atomic mass is 10.2. The summed E-state index contributed by atoms with van der Waals surface area (Å²) in [6.45, 7) is 0.950. The molecule has 0 atom stereocenters. The van der Waals surface area contributed by atoms with Gasteiger partial charge < -0.3 is 20.1 Å². The van der Waals surface area contributed by atoms with E-state index in [0.29, 0.717) is 18.1 Å². The molecule has 0 saturated heterocycles. The molecule has 9 nitrogen and oxygen atoms in total. The summed E-state index contributed by atoms with van der Waals surface area (Å²) in [5.74, 6) is -0.144. The van der Waals surface area contributed by atoms with Crippen molar-refractivity contribution < 1.29 is 22.7 Å². The van der Waals surface area contributed by atoms with Crippen LogP contribution < -0.4 is 20.1 Å². The van der Waals surface area contributed by atoms with Crippen molar-refractivity contribution in [3.63, 3.8) is 0 Å². The molecule has 0 aliphatic heterocycles. The van der Waals surface area contributed by atoms with Crippen LogP contribution in [0.4, 0.5) is 5.69 Å². The van der Waals surface area contributed by atoms with Crippen LogP contribution in [0.2, 0.25) is 10.0 Å². The minimum Gasteiger partial charge on any atom is -0.482 e. The number of ether oxygens (including phenoxy) is 2. The van der Waals surface area contributed by atoms with Crippen LogP contribution in [0, 0.1) is 0 Å². The molecule has 0 saturated carbocycles. The number of nitrogens with one attached hydrogen (secondary N) is 3. The Labute approximate surface area is 207 Å². The Kier molecular flexibility index (Phi) is 9.31. The molecular weight excluding hydrogens is 503 g/mol. The largest absolute Gasteiger partial charge is 0.482 e. The second-order valence-corrected chi connectivity index (χ2v) is 9.68. The first-order valence-electron chi connectivity index (χ1n) is 10.3. The minimum absolute atomic E-state index is 0.0117. The molecule has 0 aliphatic carbocycles. The number of aromatic nitrogens is 1. The highest BCUT2D eigenvalue weighted by Gasteiger charge is 2.16. The SMILES string of the molecule is COCCNS(=O)(=O)c1ccc(OCC(=O)NCCNc2ccnc3cc(Cl)ccc23)c(Cl)c1. The zero-order chi connectivity index (χ0) is 24.6. The number of sulfonamides is 1. The molecule has 2 aromatic carbocycles. The quantitative estimate of drug-likeness (QED) is 0.310. The molecule has 0 fully saturated rings. The average molecular weight is 527 g/mol. The van der Waals surface area contributed by atoms with Crippen molar-refractivity contribution in [1.29, 1.82) is 0 Å². The zero-order valence-electron chi connectivity index (χ0n) is 18.3. The molecule has 0 bridgehead atoms. The van der Waals surface area contributed by atoms with Gasteiger partial charge in [0.2, 0.25) is 10.0 Å². The molecule has 3 N–H and O–H groups in total. The molecule has 3 aromatic rings. The Hall–Kier alpha value is -2.63. The van der Waals surface area contributed by atoms with E-state index in [4.69, 9.17) is 32.7 Å². The summed E-state index contributed by atoms with van der Waals surface area (Å²) >= 11 is 12.1. The smallest absolute Gasteiger partial charge is 0.258 e. The summed E-state index contributed by atoms with van der Waals surface area (Å²) in [6.07, 6.45) is 1.68. The Morgan fingerprint density at radius 2 is 1.88 bits per heavy atom. The fourth-order valence-corrected chi connectivity index (χ4v) is 4.50. The molecule has 1 aromatic heterocycles. The number of amides is 1. The maximum atomic E-state index is 12.2. The van der Waals surface area contributed by atoms with Gasteiger partial charge in [0.25, 0.3) is 5.91 Å². The standard InChI is InChI=1S/C22H24Cl2N4O5S/c1-32-11-10-28-34(30,31)16-3-5-21(18(24)13-16)33-14-22(29)27-9-8-26-19-6-7-25-20-12-15(23)2-4-17(19)20/h2-7,12-13,28H,8-11,14H2,1H3,(H,25,26)(H,27,29). The number of fused-ring (bicyclic) bond motifs is 1. The van der Waals surface area contributed by atoms with Gasteiger partial charge in [0.1, 0.15) is 5.75 Å². The minimum atomic E-state index is -3.72. The third-order valence-electron chi connectivity index (χ3n) is 4.64. The van der Waals surface area contributed by atoms with Crippen LogP contribution in [0.5, 0.6) is 5.75 Å². The van der Waals surface area contributed by atoms with E-state index in [9.17, 15) is 13.2 Å². The van der Waals surface area contributed by atoms with Gasteiger partial charge in [-0.2, -0.15) is 0 Å². The molecule has 1 amide bonds. The number of carbonyl (C=O) groups excluding carboxylic acids is 1. The molecule has 1 heterocycles. The van der Waals surface area contributed by atoms with Crippen LogP contribution in [-0.4, -0.2) is 59.3 Å². The number of anilines is 1. The Balaban J connectivity index is 1.45. The monoisotopic (exact) mass is 526 g/mol. The number of rotatable bonds is 12. The first kappa shape index (κ1) is 26.0. The van der Waals surface area contributed by atoms with Crippen LogP contribution in [0.25, 0.3) is 10.9 Å². The predicted octanol–water partition coefficient (Wildman–Crippen LogP) is 3.07. The third-order valence-corrected chi connectivity index (χ3v) is 6.63. The van der Waals surface area contributed by atoms with Gasteiger partial charge in [-0.05, 0) is 42.5 Å². The van der Waals surface area contributed by atoms with Gasteiger partial charge >= 0.3 is 0 Å². The van der Waals surface area contributed by atoms with Gasteiger partial charge in [-0.1, -0.05) is 23.2 Å². The van der Waals surface area contributed by atoms with E-state index in [1.165, 1.54) is 25.3 Å². The van der Waals surface area contributed by atoms with Crippen LogP contribution in [-0.2, 0) is 19.6 Å². The Morgan fingerprint density at radius 1 is 1.06 bits per heavy atom. The van der Waals surface area contributed by atoms with E-state index in [0.717, 1.165) is 16.6 Å². The van der Waals surface area contributed by atoms with E-state index in [2.05, 4.69) is 20.3 Å². The molecule has 0 unspecified atom stereocenters. The fourth-order valence-electron chi connectivity index (χ4n) is 3.00. The van der Waals surface area contributed by atoms with E-state index >= 15 is 0 Å². The lowest BCUT2D eigenvalue weighted by Crippen LogP contribution is -2.32. The van der Waals surface area contributed by atoms with Gasteiger partial charge in [0.05, 0.1) is 22.0 Å². The van der Waals surface area contributed by atoms with Crippen LogP contribution in [0.15, 0.2) is 53.6 Å². The number of halogens is 2. The molecule has 3 rings (SSSR count). The maximum Gasteiger partial charge on any atom is 0.258 e. The van der Waals surface area contributed by atoms with E-state index in [-0.39, 0.29) is 41.3 Å². The average Bonchev–Trinajstić information content (AvgIpc) is 2.81. The molecule has 182 valence electrons. The molecule has 0 aliphatic rings. The van der Waals surface area contributed by atoms with Crippen molar-refractivity contribution in [3.05, 3.63) is 58.7 Å². The summed E-state index contributed by atoms with van der Waals surface area (Å²) in [6, 6.07) is 11.3. The molecular formula is C22H24Cl2N4O5S. The lowest BCUT2D eigenvalue weighted by Gasteiger charge is -2.12. The summed E-state index contributed by atoms with van der Waals surface area (Å²) in [4.78, 5) is 16.4. The predicted molar refractivity (Wildman–Crippen MR) is 132 cm³/mol. The van der Waals surface area contributed by atoms with Crippen LogP contribution in [0.3, 0.4) is 0 Å². The van der Waals surface area contributed by atoms with E-state index in [1.807, 2.05) is 12.1 Å². The summed E-state index contributed by atoms with van der Waals surface area (Å²) < 4.78 is 37.1. The molecule has 12 heteroatoms. The van der Waals surface area contributed by atoms with E-state index < -0.39 is 10.0 Å². The fraction of sp³-hybridized carbons (Fsp3) is 0.273. The molecule has 0 spiro atoms. The Bertz CT molecular complexity index is 1260. The normalized spacial score (nSPS) is 11.4. The summed E-state index contributed by atoms with van der Waals surface area (Å²) in [5.41, 5.74) is 1.65. The number of methoxy groups -OCH3 is 1. The second kappa shape index (κ2) is 12.2. The Morgan fingerprint density at radius 3 is 2.65 bits per heavy atom. The van der Waals surface area contributed by atoms with Gasteiger partial charge in [-0.25, -0.2) is 13.1 Å². The first-order valence-corrected chi connectivity index (χ1v) is 12.5. The number of benzene rings is 2. The van der Waals surface area contributed by atoms with Gasteiger partial charge in [-0.3, -0.25) is 9.78 Å². The second-order valence-electron chi connectivity index (χ2n) is 7.07. The topological polar surface area (TPSA) is 119 Å². The highest BCUT2D eigenvalue weighted by atomic mass is 35.5. The van der Waals surface area contributed by atoms with Crippen molar-refractivity contribution in [1.82, 2.24) is 15.0 Å². The number of pyridine rings is 1. The number of hydrogen-bond acceptors (Lipinski definition) is 7. The number of carbonyl (C=O) groups is 1. The van der Waals surface area contributed by atoms with Crippen molar-refractivity contribution >= 4 is 55.7 Å². The maximum absolute atomic E-state index is 12.2. The van der Waals surface area contributed by atoms with Crippen molar-refractivity contribution in [2.24, 2.45) is 0 Å². The third kappa shape index (κ3) is 7.18. The highest BCUT2D eigenvalue weighted by molar-refractivity contribution is 7.89. The summed E-state index contributed by atoms with van der Waals surface area (Å²) in [5, 5.41) is 7.61. The van der Waals surface area contributed by atoms with E-state index in [1.54, 1.807) is 18.3 Å². The van der Waals surface area contributed by atoms with Crippen molar-refractivity contribution in [2.75, 3.05) is 45.3 Å². The van der Waals surface area contributed by atoms with Gasteiger partial charge in [-0.15, -0.1) is 0 Å². The van der Waals surface area contributed by atoms with Crippen molar-refractivity contribution in [3.8, 4) is 5.75 Å².